The Balaban J connectivity index is 1.94. The Hall–Kier alpha value is -2.49. The molecule has 2 aromatic carbocycles. The van der Waals surface area contributed by atoms with E-state index in [1.165, 1.54) is 5.56 Å². The van der Waals surface area contributed by atoms with Gasteiger partial charge in [0.25, 0.3) is 0 Å². The second-order valence-corrected chi connectivity index (χ2v) is 5.04. The van der Waals surface area contributed by atoms with Gasteiger partial charge in [-0.1, -0.05) is 12.1 Å². The molecule has 0 aliphatic heterocycles. The van der Waals surface area contributed by atoms with Gasteiger partial charge in [-0.05, 0) is 55.3 Å². The van der Waals surface area contributed by atoms with Crippen LogP contribution in [0.4, 0.5) is 5.69 Å². The van der Waals surface area contributed by atoms with Crippen LogP contribution in [-0.4, -0.2) is 19.1 Å². The van der Waals surface area contributed by atoms with Crippen molar-refractivity contribution in [3.8, 4) is 5.75 Å². The Morgan fingerprint density at radius 1 is 1.14 bits per heavy atom. The van der Waals surface area contributed by atoms with Gasteiger partial charge in [-0.2, -0.15) is 0 Å². The number of nitrogens with one attached hydrogen (secondary N) is 1. The standard InChI is InChI=1S/C17H20N2O2/c1-12(11-13-3-9-16(21-2)10-4-13)19-15-7-5-14(6-8-15)17(18)20/h3-10,12,19H,11H2,1-2H3,(H2,18,20). The fourth-order valence-electron chi connectivity index (χ4n) is 2.18. The molecule has 0 spiro atoms. The minimum Gasteiger partial charge on any atom is -0.497 e. The molecular weight excluding hydrogens is 264 g/mol. The number of primary amides is 1. The molecule has 0 aromatic heterocycles. The number of ether oxygens (including phenoxy) is 1. The summed E-state index contributed by atoms with van der Waals surface area (Å²) in [5.74, 6) is 0.453. The van der Waals surface area contributed by atoms with Gasteiger partial charge in [0.1, 0.15) is 5.75 Å². The van der Waals surface area contributed by atoms with Gasteiger partial charge < -0.3 is 15.8 Å². The maximum absolute atomic E-state index is 11.0. The summed E-state index contributed by atoms with van der Waals surface area (Å²) in [6.07, 6.45) is 0.904. The van der Waals surface area contributed by atoms with Crippen molar-refractivity contribution in [3.05, 3.63) is 59.7 Å². The summed E-state index contributed by atoms with van der Waals surface area (Å²) in [4.78, 5) is 11.0. The molecule has 0 aliphatic carbocycles. The van der Waals surface area contributed by atoms with Crippen LogP contribution in [0.3, 0.4) is 0 Å². The molecule has 0 fully saturated rings. The number of hydrogen-bond donors (Lipinski definition) is 2. The van der Waals surface area contributed by atoms with Gasteiger partial charge in [-0.3, -0.25) is 4.79 Å². The Bertz CT molecular complexity index is 591. The summed E-state index contributed by atoms with van der Waals surface area (Å²) < 4.78 is 5.15. The average Bonchev–Trinajstić information content (AvgIpc) is 2.48. The van der Waals surface area contributed by atoms with Gasteiger partial charge in [0.15, 0.2) is 0 Å². The first kappa shape index (κ1) is 14.9. The largest absolute Gasteiger partial charge is 0.497 e. The highest BCUT2D eigenvalue weighted by molar-refractivity contribution is 5.93. The molecule has 3 N–H and O–H groups in total. The zero-order valence-corrected chi connectivity index (χ0v) is 12.3. The molecular formula is C17H20N2O2. The molecule has 0 saturated carbocycles. The topological polar surface area (TPSA) is 64.3 Å². The smallest absolute Gasteiger partial charge is 0.248 e. The number of rotatable bonds is 6. The zero-order chi connectivity index (χ0) is 15.2. The zero-order valence-electron chi connectivity index (χ0n) is 12.3. The number of anilines is 1. The van der Waals surface area contributed by atoms with Gasteiger partial charge in [0, 0.05) is 17.3 Å². The summed E-state index contributed by atoms with van der Waals surface area (Å²) in [6.45, 7) is 2.12. The average molecular weight is 284 g/mol. The monoisotopic (exact) mass is 284 g/mol. The Morgan fingerprint density at radius 3 is 2.29 bits per heavy atom. The van der Waals surface area contributed by atoms with Crippen molar-refractivity contribution in [3.63, 3.8) is 0 Å². The van der Waals surface area contributed by atoms with Crippen LogP contribution in [0.5, 0.6) is 5.75 Å². The van der Waals surface area contributed by atoms with E-state index in [0.29, 0.717) is 5.56 Å². The Kier molecular flexibility index (Phi) is 4.82. The molecule has 0 radical (unpaired) electrons. The first-order chi connectivity index (χ1) is 10.1. The molecule has 110 valence electrons. The van der Waals surface area contributed by atoms with Crippen molar-refractivity contribution >= 4 is 11.6 Å². The highest BCUT2D eigenvalue weighted by atomic mass is 16.5. The van der Waals surface area contributed by atoms with Crippen molar-refractivity contribution < 1.29 is 9.53 Å². The van der Waals surface area contributed by atoms with Crippen molar-refractivity contribution in [1.82, 2.24) is 0 Å². The lowest BCUT2D eigenvalue weighted by Gasteiger charge is -2.15. The SMILES string of the molecule is COc1ccc(CC(C)Nc2ccc(C(N)=O)cc2)cc1. The van der Waals surface area contributed by atoms with Crippen molar-refractivity contribution in [1.29, 1.82) is 0 Å². The second-order valence-electron chi connectivity index (χ2n) is 5.04. The predicted octanol–water partition coefficient (Wildman–Crippen LogP) is 2.84. The third-order valence-electron chi connectivity index (χ3n) is 3.28. The Morgan fingerprint density at radius 2 is 1.76 bits per heavy atom. The van der Waals surface area contributed by atoms with Crippen LogP contribution >= 0.6 is 0 Å². The van der Waals surface area contributed by atoms with Gasteiger partial charge in [0.05, 0.1) is 7.11 Å². The van der Waals surface area contributed by atoms with Crippen LogP contribution < -0.4 is 15.8 Å². The lowest BCUT2D eigenvalue weighted by molar-refractivity contribution is 0.100. The molecule has 4 heteroatoms. The normalized spacial score (nSPS) is 11.7. The van der Waals surface area contributed by atoms with E-state index in [9.17, 15) is 4.79 Å². The molecule has 0 heterocycles. The second kappa shape index (κ2) is 6.79. The van der Waals surface area contributed by atoms with Gasteiger partial charge in [-0.25, -0.2) is 0 Å². The molecule has 4 nitrogen and oxygen atoms in total. The van der Waals surface area contributed by atoms with Gasteiger partial charge >= 0.3 is 0 Å². The van der Waals surface area contributed by atoms with E-state index in [2.05, 4.69) is 24.4 Å². The summed E-state index contributed by atoms with van der Waals surface area (Å²) >= 11 is 0. The van der Waals surface area contributed by atoms with Crippen LogP contribution in [0.25, 0.3) is 0 Å². The van der Waals surface area contributed by atoms with E-state index < -0.39 is 5.91 Å². The van der Waals surface area contributed by atoms with E-state index in [1.807, 2.05) is 24.3 Å². The molecule has 2 aromatic rings. The van der Waals surface area contributed by atoms with Crippen LogP contribution in [0.1, 0.15) is 22.8 Å². The van der Waals surface area contributed by atoms with Crippen molar-refractivity contribution in [2.24, 2.45) is 5.73 Å². The lowest BCUT2D eigenvalue weighted by atomic mass is 10.1. The van der Waals surface area contributed by atoms with E-state index in [1.54, 1.807) is 19.2 Å². The van der Waals surface area contributed by atoms with Crippen molar-refractivity contribution in [2.75, 3.05) is 12.4 Å². The number of carbonyl (C=O) groups is 1. The molecule has 0 bridgehead atoms. The van der Waals surface area contributed by atoms with Crippen LogP contribution in [0.2, 0.25) is 0 Å². The molecule has 1 amide bonds. The third kappa shape index (κ3) is 4.24. The number of benzene rings is 2. The van der Waals surface area contributed by atoms with Crippen LogP contribution in [0.15, 0.2) is 48.5 Å². The summed E-state index contributed by atoms with van der Waals surface area (Å²) in [7, 11) is 1.66. The summed E-state index contributed by atoms with van der Waals surface area (Å²) in [5.41, 5.74) is 7.95. The van der Waals surface area contributed by atoms with E-state index >= 15 is 0 Å². The molecule has 1 atom stereocenters. The summed E-state index contributed by atoms with van der Waals surface area (Å²) in [5, 5.41) is 3.40. The van der Waals surface area contributed by atoms with E-state index in [-0.39, 0.29) is 6.04 Å². The number of methoxy groups -OCH3 is 1. The fourth-order valence-corrected chi connectivity index (χ4v) is 2.18. The fraction of sp³-hybridized carbons (Fsp3) is 0.235. The highest BCUT2D eigenvalue weighted by Gasteiger charge is 2.05. The highest BCUT2D eigenvalue weighted by Crippen LogP contribution is 2.15. The first-order valence-corrected chi connectivity index (χ1v) is 6.88. The minimum atomic E-state index is -0.409. The van der Waals surface area contributed by atoms with E-state index in [4.69, 9.17) is 10.5 Å². The maximum Gasteiger partial charge on any atom is 0.248 e. The number of amides is 1. The quantitative estimate of drug-likeness (QED) is 0.857. The maximum atomic E-state index is 11.0. The molecule has 21 heavy (non-hydrogen) atoms. The number of hydrogen-bond acceptors (Lipinski definition) is 3. The number of carbonyl (C=O) groups excluding carboxylic acids is 1. The molecule has 0 saturated heterocycles. The minimum absolute atomic E-state index is 0.276. The molecule has 1 unspecified atom stereocenters. The predicted molar refractivity (Wildman–Crippen MR) is 84.7 cm³/mol. The summed E-state index contributed by atoms with van der Waals surface area (Å²) in [6, 6.07) is 15.5. The lowest BCUT2D eigenvalue weighted by Crippen LogP contribution is -2.18. The van der Waals surface area contributed by atoms with Gasteiger partial charge in [-0.15, -0.1) is 0 Å². The van der Waals surface area contributed by atoms with Crippen LogP contribution in [-0.2, 0) is 6.42 Å². The molecule has 0 aliphatic rings. The first-order valence-electron chi connectivity index (χ1n) is 6.88. The number of nitrogens with two attached hydrogens (primary N) is 1. The van der Waals surface area contributed by atoms with Crippen molar-refractivity contribution in [2.45, 2.75) is 19.4 Å². The van der Waals surface area contributed by atoms with Crippen LogP contribution in [0, 0.1) is 0 Å². The molecule has 2 rings (SSSR count). The van der Waals surface area contributed by atoms with E-state index in [0.717, 1.165) is 17.9 Å². The van der Waals surface area contributed by atoms with Gasteiger partial charge in [0.2, 0.25) is 5.91 Å². The Labute approximate surface area is 124 Å². The third-order valence-corrected chi connectivity index (χ3v) is 3.28.